The maximum Gasteiger partial charge on any atom is 0.0462 e. The van der Waals surface area contributed by atoms with E-state index in [0.717, 1.165) is 28.1 Å². The Balaban J connectivity index is 2.36. The van der Waals surface area contributed by atoms with Gasteiger partial charge in [0.05, 0.1) is 0 Å². The monoisotopic (exact) mass is 345 g/mol. The lowest BCUT2D eigenvalue weighted by Gasteiger charge is -2.25. The van der Waals surface area contributed by atoms with E-state index in [1.165, 1.54) is 25.7 Å². The standard InChI is InChI=1S/C16H25BrClN/c1-4-5-6-9-16(2,3)12-19-11-13-7-8-14(17)10-15(13)18/h7-8,10,19H,4-6,9,11-12H2,1-3H3. The number of nitrogens with one attached hydrogen (secondary N) is 1. The van der Waals surface area contributed by atoms with Crippen molar-refractivity contribution in [3.05, 3.63) is 33.3 Å². The van der Waals surface area contributed by atoms with Gasteiger partial charge in [-0.25, -0.2) is 0 Å². The lowest BCUT2D eigenvalue weighted by Crippen LogP contribution is -2.29. The van der Waals surface area contributed by atoms with Crippen molar-refractivity contribution in [2.24, 2.45) is 5.41 Å². The number of halogens is 2. The summed E-state index contributed by atoms with van der Waals surface area (Å²) in [6, 6.07) is 6.06. The molecule has 19 heavy (non-hydrogen) atoms. The molecular weight excluding hydrogens is 322 g/mol. The van der Waals surface area contributed by atoms with Gasteiger partial charge in [0, 0.05) is 22.6 Å². The van der Waals surface area contributed by atoms with Gasteiger partial charge in [-0.15, -0.1) is 0 Å². The molecule has 0 saturated carbocycles. The van der Waals surface area contributed by atoms with Crippen LogP contribution < -0.4 is 5.32 Å². The summed E-state index contributed by atoms with van der Waals surface area (Å²) in [6.45, 7) is 8.78. The van der Waals surface area contributed by atoms with E-state index in [2.05, 4.69) is 48.1 Å². The predicted octanol–water partition coefficient (Wildman–Crippen LogP) is 5.80. The van der Waals surface area contributed by atoms with E-state index in [9.17, 15) is 0 Å². The Morgan fingerprint density at radius 2 is 2.00 bits per heavy atom. The quantitative estimate of drug-likeness (QED) is 0.587. The average Bonchev–Trinajstić information content (AvgIpc) is 2.32. The third-order valence-electron chi connectivity index (χ3n) is 3.39. The van der Waals surface area contributed by atoms with E-state index >= 15 is 0 Å². The van der Waals surface area contributed by atoms with Crippen LogP contribution in [0.1, 0.15) is 52.0 Å². The largest absolute Gasteiger partial charge is 0.312 e. The van der Waals surface area contributed by atoms with Gasteiger partial charge in [-0.05, 0) is 29.5 Å². The molecule has 0 bridgehead atoms. The average molecular weight is 347 g/mol. The highest BCUT2D eigenvalue weighted by Gasteiger charge is 2.16. The topological polar surface area (TPSA) is 12.0 Å². The molecule has 0 aliphatic heterocycles. The highest BCUT2D eigenvalue weighted by molar-refractivity contribution is 9.10. The molecular formula is C16H25BrClN. The van der Waals surface area contributed by atoms with Gasteiger partial charge in [-0.1, -0.05) is 73.6 Å². The maximum atomic E-state index is 6.21. The SMILES string of the molecule is CCCCCC(C)(C)CNCc1ccc(Br)cc1Cl. The van der Waals surface area contributed by atoms with Crippen molar-refractivity contribution in [1.29, 1.82) is 0 Å². The van der Waals surface area contributed by atoms with Crippen LogP contribution in [0.5, 0.6) is 0 Å². The highest BCUT2D eigenvalue weighted by atomic mass is 79.9. The molecule has 0 aliphatic rings. The van der Waals surface area contributed by atoms with Gasteiger partial charge in [0.15, 0.2) is 0 Å². The van der Waals surface area contributed by atoms with Crippen LogP contribution in [0, 0.1) is 5.41 Å². The second kappa shape index (κ2) is 8.28. The Morgan fingerprint density at radius 1 is 1.26 bits per heavy atom. The molecule has 0 aromatic heterocycles. The summed E-state index contributed by atoms with van der Waals surface area (Å²) in [6.07, 6.45) is 5.23. The zero-order valence-corrected chi connectivity index (χ0v) is 14.6. The molecule has 1 aromatic carbocycles. The number of hydrogen-bond donors (Lipinski definition) is 1. The Kier molecular flexibility index (Phi) is 7.41. The van der Waals surface area contributed by atoms with Crippen LogP contribution in [-0.2, 0) is 6.54 Å². The molecule has 0 saturated heterocycles. The molecule has 0 aliphatic carbocycles. The van der Waals surface area contributed by atoms with Gasteiger partial charge in [0.25, 0.3) is 0 Å². The van der Waals surface area contributed by atoms with Crippen molar-refractivity contribution < 1.29 is 0 Å². The summed E-state index contributed by atoms with van der Waals surface area (Å²) in [5.41, 5.74) is 1.52. The second-order valence-electron chi connectivity index (χ2n) is 5.96. The molecule has 0 heterocycles. The summed E-state index contributed by atoms with van der Waals surface area (Å²) in [5, 5.41) is 4.35. The molecule has 1 aromatic rings. The molecule has 0 fully saturated rings. The summed E-state index contributed by atoms with van der Waals surface area (Å²) in [5.74, 6) is 0. The number of rotatable bonds is 8. The third kappa shape index (κ3) is 6.78. The first-order chi connectivity index (χ1) is 8.94. The Bertz CT molecular complexity index is 390. The molecule has 1 rings (SSSR count). The molecule has 0 radical (unpaired) electrons. The van der Waals surface area contributed by atoms with Crippen LogP contribution in [0.25, 0.3) is 0 Å². The lowest BCUT2D eigenvalue weighted by molar-refractivity contribution is 0.302. The van der Waals surface area contributed by atoms with Crippen LogP contribution in [0.2, 0.25) is 5.02 Å². The van der Waals surface area contributed by atoms with E-state index in [0.29, 0.717) is 5.41 Å². The van der Waals surface area contributed by atoms with Gasteiger partial charge in [-0.2, -0.15) is 0 Å². The van der Waals surface area contributed by atoms with Crippen molar-refractivity contribution in [3.63, 3.8) is 0 Å². The summed E-state index contributed by atoms with van der Waals surface area (Å²) >= 11 is 9.64. The molecule has 0 atom stereocenters. The van der Waals surface area contributed by atoms with Crippen LogP contribution in [0.15, 0.2) is 22.7 Å². The minimum absolute atomic E-state index is 0.358. The predicted molar refractivity (Wildman–Crippen MR) is 88.8 cm³/mol. The fraction of sp³-hybridized carbons (Fsp3) is 0.625. The van der Waals surface area contributed by atoms with Crippen LogP contribution >= 0.6 is 27.5 Å². The molecule has 0 amide bonds. The van der Waals surface area contributed by atoms with Gasteiger partial charge >= 0.3 is 0 Å². The van der Waals surface area contributed by atoms with E-state index in [-0.39, 0.29) is 0 Å². The Labute approximate surface area is 131 Å². The van der Waals surface area contributed by atoms with Crippen LogP contribution in [0.4, 0.5) is 0 Å². The first-order valence-corrected chi connectivity index (χ1v) is 8.26. The number of benzene rings is 1. The lowest BCUT2D eigenvalue weighted by atomic mass is 9.87. The first kappa shape index (κ1) is 17.0. The molecule has 1 nitrogen and oxygen atoms in total. The zero-order chi connectivity index (χ0) is 14.3. The van der Waals surface area contributed by atoms with Crippen molar-refractivity contribution >= 4 is 27.5 Å². The number of hydrogen-bond acceptors (Lipinski definition) is 1. The van der Waals surface area contributed by atoms with Crippen molar-refractivity contribution in [2.75, 3.05) is 6.54 Å². The number of unbranched alkanes of at least 4 members (excludes halogenated alkanes) is 2. The van der Waals surface area contributed by atoms with Gasteiger partial charge < -0.3 is 5.32 Å². The smallest absolute Gasteiger partial charge is 0.0462 e. The van der Waals surface area contributed by atoms with E-state index in [1.807, 2.05) is 12.1 Å². The summed E-state index contributed by atoms with van der Waals surface area (Å²) in [4.78, 5) is 0. The molecule has 108 valence electrons. The molecule has 1 N–H and O–H groups in total. The van der Waals surface area contributed by atoms with Gasteiger partial charge in [-0.3, -0.25) is 0 Å². The summed E-state index contributed by atoms with van der Waals surface area (Å²) in [7, 11) is 0. The van der Waals surface area contributed by atoms with E-state index in [1.54, 1.807) is 0 Å². The fourth-order valence-electron chi connectivity index (χ4n) is 2.14. The highest BCUT2D eigenvalue weighted by Crippen LogP contribution is 2.24. The van der Waals surface area contributed by atoms with E-state index in [4.69, 9.17) is 11.6 Å². The van der Waals surface area contributed by atoms with Gasteiger partial charge in [0.2, 0.25) is 0 Å². The minimum atomic E-state index is 0.358. The van der Waals surface area contributed by atoms with Crippen molar-refractivity contribution in [2.45, 2.75) is 53.0 Å². The molecule has 3 heteroatoms. The van der Waals surface area contributed by atoms with Crippen LogP contribution in [0.3, 0.4) is 0 Å². The Hall–Kier alpha value is -0.0500. The van der Waals surface area contributed by atoms with E-state index < -0.39 is 0 Å². The van der Waals surface area contributed by atoms with Crippen molar-refractivity contribution in [3.8, 4) is 0 Å². The van der Waals surface area contributed by atoms with Gasteiger partial charge in [0.1, 0.15) is 0 Å². The normalized spacial score (nSPS) is 11.8. The summed E-state index contributed by atoms with van der Waals surface area (Å²) < 4.78 is 1.03. The Morgan fingerprint density at radius 3 is 2.63 bits per heavy atom. The molecule has 0 unspecified atom stereocenters. The van der Waals surface area contributed by atoms with Crippen molar-refractivity contribution in [1.82, 2.24) is 5.32 Å². The maximum absolute atomic E-state index is 6.21. The van der Waals surface area contributed by atoms with Crippen LogP contribution in [-0.4, -0.2) is 6.54 Å². The minimum Gasteiger partial charge on any atom is -0.312 e. The first-order valence-electron chi connectivity index (χ1n) is 7.09. The zero-order valence-electron chi connectivity index (χ0n) is 12.2. The third-order valence-corrected chi connectivity index (χ3v) is 4.24. The molecule has 0 spiro atoms. The second-order valence-corrected chi connectivity index (χ2v) is 7.28. The fourth-order valence-corrected chi connectivity index (χ4v) is 2.88.